The van der Waals surface area contributed by atoms with Crippen LogP contribution in [0.25, 0.3) is 0 Å². The van der Waals surface area contributed by atoms with Crippen LogP contribution in [0.4, 0.5) is 0 Å². The molecular formula is C18H30N2O6. The van der Waals surface area contributed by atoms with Crippen LogP contribution in [0.15, 0.2) is 15.8 Å². The Balaban J connectivity index is 2.08. The molecule has 0 spiro atoms. The molecule has 26 heavy (non-hydrogen) atoms. The summed E-state index contributed by atoms with van der Waals surface area (Å²) in [4.78, 5) is 25.8. The molecule has 0 amide bonds. The highest BCUT2D eigenvalue weighted by Crippen LogP contribution is 2.37. The third kappa shape index (κ3) is 4.62. The van der Waals surface area contributed by atoms with Gasteiger partial charge in [0.15, 0.2) is 0 Å². The van der Waals surface area contributed by atoms with Gasteiger partial charge >= 0.3 is 5.69 Å². The van der Waals surface area contributed by atoms with Crippen LogP contribution >= 0.6 is 0 Å². The van der Waals surface area contributed by atoms with E-state index < -0.39 is 36.0 Å². The van der Waals surface area contributed by atoms with Crippen LogP contribution in [0.5, 0.6) is 0 Å². The van der Waals surface area contributed by atoms with Crippen molar-refractivity contribution >= 4 is 0 Å². The first-order valence-electron chi connectivity index (χ1n) is 9.25. The number of H-pyrrole nitrogens is 1. The van der Waals surface area contributed by atoms with Gasteiger partial charge in [0.2, 0.25) is 5.79 Å². The first-order chi connectivity index (χ1) is 12.3. The second-order valence-electron chi connectivity index (χ2n) is 7.18. The van der Waals surface area contributed by atoms with E-state index in [2.05, 4.69) is 18.8 Å². The maximum Gasteiger partial charge on any atom is 0.330 e. The topological polar surface area (TPSA) is 114 Å². The molecule has 2 rings (SSSR count). The summed E-state index contributed by atoms with van der Waals surface area (Å²) < 4.78 is 12.8. The lowest BCUT2D eigenvalue weighted by atomic mass is 10.0. The molecule has 1 aromatic heterocycles. The summed E-state index contributed by atoms with van der Waals surface area (Å²) in [5, 5.41) is 20.2. The first-order valence-corrected chi connectivity index (χ1v) is 9.25. The van der Waals surface area contributed by atoms with Gasteiger partial charge in [0, 0.05) is 18.2 Å². The minimum Gasteiger partial charge on any atom is -0.391 e. The molecule has 0 saturated carbocycles. The first kappa shape index (κ1) is 20.8. The Kier molecular flexibility index (Phi) is 7.16. The number of aliphatic hydroxyl groups excluding tert-OH is 2. The Hall–Kier alpha value is -1.48. The van der Waals surface area contributed by atoms with E-state index in [1.54, 1.807) is 6.92 Å². The van der Waals surface area contributed by atoms with E-state index in [1.165, 1.54) is 10.8 Å². The number of nitrogens with zero attached hydrogens (tertiary/aromatic N) is 1. The van der Waals surface area contributed by atoms with Gasteiger partial charge in [0.05, 0.1) is 13.2 Å². The summed E-state index contributed by atoms with van der Waals surface area (Å²) in [5.74, 6) is -1.30. The monoisotopic (exact) mass is 370 g/mol. The molecule has 0 aromatic carbocycles. The number of rotatable bonds is 9. The van der Waals surface area contributed by atoms with Crippen LogP contribution in [0.2, 0.25) is 0 Å². The molecule has 148 valence electrons. The van der Waals surface area contributed by atoms with Crippen LogP contribution in [0.3, 0.4) is 0 Å². The molecule has 3 N–H and O–H groups in total. The van der Waals surface area contributed by atoms with Crippen molar-refractivity contribution < 1.29 is 19.7 Å². The van der Waals surface area contributed by atoms with Crippen LogP contribution in [0.1, 0.15) is 57.7 Å². The van der Waals surface area contributed by atoms with Crippen molar-refractivity contribution in [3.63, 3.8) is 0 Å². The van der Waals surface area contributed by atoms with Crippen molar-refractivity contribution in [2.45, 2.75) is 71.0 Å². The third-order valence-electron chi connectivity index (χ3n) is 4.86. The third-order valence-corrected chi connectivity index (χ3v) is 4.86. The van der Waals surface area contributed by atoms with Crippen LogP contribution in [-0.4, -0.2) is 44.9 Å². The average molecular weight is 370 g/mol. The van der Waals surface area contributed by atoms with E-state index in [0.29, 0.717) is 12.2 Å². The molecule has 1 aliphatic heterocycles. The number of aromatic nitrogens is 2. The Morgan fingerprint density at radius 2 is 2.19 bits per heavy atom. The molecular weight excluding hydrogens is 340 g/mol. The fourth-order valence-electron chi connectivity index (χ4n) is 3.13. The predicted octanol–water partition coefficient (Wildman–Crippen LogP) is 1.05. The van der Waals surface area contributed by atoms with Crippen molar-refractivity contribution in [1.29, 1.82) is 0 Å². The Morgan fingerprint density at radius 1 is 1.46 bits per heavy atom. The maximum atomic E-state index is 12.0. The number of aromatic amines is 1. The van der Waals surface area contributed by atoms with Gasteiger partial charge in [-0.3, -0.25) is 14.3 Å². The molecule has 0 radical (unpaired) electrons. The van der Waals surface area contributed by atoms with Gasteiger partial charge in [-0.25, -0.2) is 4.79 Å². The van der Waals surface area contributed by atoms with Crippen LogP contribution in [0, 0.1) is 12.8 Å². The summed E-state index contributed by atoms with van der Waals surface area (Å²) in [7, 11) is 0. The van der Waals surface area contributed by atoms with Crippen molar-refractivity contribution in [3.8, 4) is 0 Å². The molecule has 1 aliphatic rings. The fraction of sp³-hybridized carbons (Fsp3) is 0.778. The molecule has 8 heteroatoms. The standard InChI is InChI=1S/C18H30N2O6/c1-4-5-6-7-12(2)10-25-18(11-21)14(22)8-15(26-18)20-9-13(3)16(23)19-17(20)24/h9,12,14-15,21-22H,4-8,10-11H2,1-3H3,(H,19,23,24)/t12?,14-,15+,18+/m0/s1. The number of unbranched alkanes of at least 4 members (excludes halogenated alkanes) is 2. The highest BCUT2D eigenvalue weighted by molar-refractivity contribution is 5.02. The number of ether oxygens (including phenoxy) is 2. The zero-order valence-electron chi connectivity index (χ0n) is 15.7. The van der Waals surface area contributed by atoms with E-state index in [-0.39, 0.29) is 12.3 Å². The highest BCUT2D eigenvalue weighted by atomic mass is 16.7. The number of nitrogens with one attached hydrogen (secondary N) is 1. The van der Waals surface area contributed by atoms with E-state index in [9.17, 15) is 19.8 Å². The van der Waals surface area contributed by atoms with Gasteiger partial charge < -0.3 is 19.7 Å². The summed E-state index contributed by atoms with van der Waals surface area (Å²) in [6.07, 6.45) is 3.96. The molecule has 1 saturated heterocycles. The van der Waals surface area contributed by atoms with Crippen molar-refractivity contribution in [2.24, 2.45) is 5.92 Å². The van der Waals surface area contributed by atoms with Gasteiger partial charge in [-0.1, -0.05) is 33.1 Å². The summed E-state index contributed by atoms with van der Waals surface area (Å²) in [6.45, 7) is 5.59. The van der Waals surface area contributed by atoms with Gasteiger partial charge in [0.1, 0.15) is 12.3 Å². The largest absolute Gasteiger partial charge is 0.391 e. The predicted molar refractivity (Wildman–Crippen MR) is 95.9 cm³/mol. The Morgan fingerprint density at radius 3 is 2.85 bits per heavy atom. The molecule has 0 bridgehead atoms. The molecule has 1 fully saturated rings. The Labute approximate surface area is 152 Å². The summed E-state index contributed by atoms with van der Waals surface area (Å²) in [5.41, 5.74) is -0.732. The molecule has 0 aliphatic carbocycles. The lowest BCUT2D eigenvalue weighted by Crippen LogP contribution is -2.47. The van der Waals surface area contributed by atoms with Crippen molar-refractivity contribution in [3.05, 3.63) is 32.6 Å². The number of hydrogen-bond donors (Lipinski definition) is 3. The van der Waals surface area contributed by atoms with Crippen molar-refractivity contribution in [1.82, 2.24) is 9.55 Å². The zero-order valence-corrected chi connectivity index (χ0v) is 15.7. The van der Waals surface area contributed by atoms with E-state index in [4.69, 9.17) is 9.47 Å². The normalized spacial score (nSPS) is 27.0. The van der Waals surface area contributed by atoms with E-state index >= 15 is 0 Å². The lowest BCUT2D eigenvalue weighted by molar-refractivity contribution is -0.285. The van der Waals surface area contributed by atoms with E-state index in [1.807, 2.05) is 0 Å². The maximum absolute atomic E-state index is 12.0. The minimum atomic E-state index is -1.56. The highest BCUT2D eigenvalue weighted by Gasteiger charge is 2.50. The Bertz CT molecular complexity index is 700. The van der Waals surface area contributed by atoms with Gasteiger partial charge in [-0.05, 0) is 19.3 Å². The smallest absolute Gasteiger partial charge is 0.330 e. The van der Waals surface area contributed by atoms with Crippen LogP contribution < -0.4 is 11.2 Å². The number of hydrogen-bond acceptors (Lipinski definition) is 6. The zero-order chi connectivity index (χ0) is 19.3. The molecule has 1 aromatic rings. The molecule has 4 atom stereocenters. The van der Waals surface area contributed by atoms with Gasteiger partial charge in [-0.15, -0.1) is 0 Å². The van der Waals surface area contributed by atoms with Crippen LogP contribution in [-0.2, 0) is 9.47 Å². The second kappa shape index (κ2) is 8.94. The molecule has 1 unspecified atom stereocenters. The number of aryl methyl sites for hydroxylation is 1. The second-order valence-corrected chi connectivity index (χ2v) is 7.18. The quantitative estimate of drug-likeness (QED) is 0.560. The fourth-order valence-corrected chi connectivity index (χ4v) is 3.13. The summed E-state index contributed by atoms with van der Waals surface area (Å²) >= 11 is 0. The van der Waals surface area contributed by atoms with Crippen molar-refractivity contribution in [2.75, 3.05) is 13.2 Å². The van der Waals surface area contributed by atoms with Gasteiger partial charge in [0.25, 0.3) is 5.56 Å². The number of aliphatic hydroxyl groups is 2. The molecule has 2 heterocycles. The van der Waals surface area contributed by atoms with Gasteiger partial charge in [-0.2, -0.15) is 0 Å². The molecule has 8 nitrogen and oxygen atoms in total. The average Bonchev–Trinajstić information content (AvgIpc) is 2.93. The minimum absolute atomic E-state index is 0.0795. The lowest BCUT2D eigenvalue weighted by Gasteiger charge is -2.31. The SMILES string of the molecule is CCCCCC(C)CO[C@]1(CO)O[C@@H](n2cc(C)c(=O)[nH]c2=O)C[C@@H]1O. The summed E-state index contributed by atoms with van der Waals surface area (Å²) in [6, 6.07) is 0. The van der Waals surface area contributed by atoms with E-state index in [0.717, 1.165) is 25.7 Å².